The molecule has 0 saturated carbocycles. The van der Waals surface area contributed by atoms with Gasteiger partial charge in [-0.05, 0) is 12.8 Å². The standard InChI is InChI=1S/C6H11F/c1-3-6(2)4-5-7/h2-5H2,1H3. The Morgan fingerprint density at radius 1 is 1.71 bits per heavy atom. The molecule has 0 aliphatic heterocycles. The highest BCUT2D eigenvalue weighted by molar-refractivity contribution is 4.91. The molecule has 0 fully saturated rings. The minimum absolute atomic E-state index is 0.257. The summed E-state index contributed by atoms with van der Waals surface area (Å²) in [7, 11) is 0. The first-order chi connectivity index (χ1) is 3.31. The van der Waals surface area contributed by atoms with E-state index >= 15 is 0 Å². The lowest BCUT2D eigenvalue weighted by molar-refractivity contribution is 0.491. The molecule has 0 amide bonds. The van der Waals surface area contributed by atoms with E-state index in [2.05, 4.69) is 6.58 Å². The number of allylic oxidation sites excluding steroid dienone is 1. The van der Waals surface area contributed by atoms with Crippen molar-refractivity contribution in [3.63, 3.8) is 0 Å². The molecule has 0 aliphatic rings. The van der Waals surface area contributed by atoms with E-state index in [-0.39, 0.29) is 6.67 Å². The fourth-order valence-corrected chi connectivity index (χ4v) is 0.310. The van der Waals surface area contributed by atoms with E-state index in [9.17, 15) is 4.39 Å². The molecular weight excluding hydrogens is 91.1 g/mol. The van der Waals surface area contributed by atoms with E-state index in [1.165, 1.54) is 0 Å². The van der Waals surface area contributed by atoms with Crippen LogP contribution in [0.3, 0.4) is 0 Å². The maximum absolute atomic E-state index is 11.4. The van der Waals surface area contributed by atoms with Crippen molar-refractivity contribution in [2.45, 2.75) is 19.8 Å². The van der Waals surface area contributed by atoms with Crippen molar-refractivity contribution in [2.75, 3.05) is 6.67 Å². The van der Waals surface area contributed by atoms with Gasteiger partial charge in [0, 0.05) is 0 Å². The van der Waals surface area contributed by atoms with Gasteiger partial charge in [0.2, 0.25) is 0 Å². The van der Waals surface area contributed by atoms with Gasteiger partial charge >= 0.3 is 0 Å². The maximum Gasteiger partial charge on any atom is 0.0931 e. The first-order valence-corrected chi connectivity index (χ1v) is 2.54. The molecule has 0 heterocycles. The molecule has 0 aliphatic carbocycles. The SMILES string of the molecule is C=C(CC)CCF. The lowest BCUT2D eigenvalue weighted by atomic mass is 10.2. The van der Waals surface area contributed by atoms with E-state index in [0.717, 1.165) is 12.0 Å². The molecular formula is C6H11F. The Balaban J connectivity index is 3.00. The lowest BCUT2D eigenvalue weighted by Gasteiger charge is -1.92. The molecule has 0 aromatic rings. The second-order valence-corrected chi connectivity index (χ2v) is 1.54. The third-order valence-corrected chi connectivity index (χ3v) is 0.948. The summed E-state index contributed by atoms with van der Waals surface area (Å²) in [6.07, 6.45) is 1.44. The highest BCUT2D eigenvalue weighted by Crippen LogP contribution is 2.01. The number of alkyl halides is 1. The first kappa shape index (κ1) is 6.67. The number of hydrogen-bond acceptors (Lipinski definition) is 0. The topological polar surface area (TPSA) is 0 Å². The van der Waals surface area contributed by atoms with Crippen LogP contribution >= 0.6 is 0 Å². The van der Waals surface area contributed by atoms with Crippen LogP contribution in [0.4, 0.5) is 4.39 Å². The van der Waals surface area contributed by atoms with Gasteiger partial charge in [0.15, 0.2) is 0 Å². The molecule has 0 rings (SSSR count). The molecule has 0 aromatic heterocycles. The van der Waals surface area contributed by atoms with Gasteiger partial charge in [-0.2, -0.15) is 0 Å². The summed E-state index contributed by atoms with van der Waals surface area (Å²) in [6.45, 7) is 5.35. The highest BCUT2D eigenvalue weighted by atomic mass is 19.1. The number of halogens is 1. The van der Waals surface area contributed by atoms with Crippen LogP contribution in [-0.2, 0) is 0 Å². The second kappa shape index (κ2) is 3.85. The quantitative estimate of drug-likeness (QED) is 0.480. The highest BCUT2D eigenvalue weighted by Gasteiger charge is 1.85. The van der Waals surface area contributed by atoms with Gasteiger partial charge in [-0.15, -0.1) is 0 Å². The molecule has 0 nitrogen and oxygen atoms in total. The first-order valence-electron chi connectivity index (χ1n) is 2.54. The maximum atomic E-state index is 11.4. The van der Waals surface area contributed by atoms with Crippen LogP contribution in [0.15, 0.2) is 12.2 Å². The summed E-state index contributed by atoms with van der Waals surface area (Å²) in [5, 5.41) is 0. The van der Waals surface area contributed by atoms with Gasteiger partial charge in [-0.25, -0.2) is 0 Å². The molecule has 42 valence electrons. The van der Waals surface area contributed by atoms with Crippen molar-refractivity contribution in [3.8, 4) is 0 Å². The normalized spacial score (nSPS) is 8.86. The largest absolute Gasteiger partial charge is 0.251 e. The van der Waals surface area contributed by atoms with Crippen LogP contribution in [0.2, 0.25) is 0 Å². The summed E-state index contributed by atoms with van der Waals surface area (Å²) >= 11 is 0. The molecule has 7 heavy (non-hydrogen) atoms. The minimum Gasteiger partial charge on any atom is -0.251 e. The van der Waals surface area contributed by atoms with E-state index in [1.807, 2.05) is 6.92 Å². The molecule has 0 spiro atoms. The second-order valence-electron chi connectivity index (χ2n) is 1.54. The average molecular weight is 102 g/mol. The van der Waals surface area contributed by atoms with Gasteiger partial charge in [0.25, 0.3) is 0 Å². The number of rotatable bonds is 3. The molecule has 0 N–H and O–H groups in total. The minimum atomic E-state index is -0.257. The van der Waals surface area contributed by atoms with Gasteiger partial charge in [0.05, 0.1) is 6.67 Å². The summed E-state index contributed by atoms with van der Waals surface area (Å²) in [5.74, 6) is 0. The molecule has 0 saturated heterocycles. The zero-order valence-corrected chi connectivity index (χ0v) is 4.71. The van der Waals surface area contributed by atoms with Crippen molar-refractivity contribution in [3.05, 3.63) is 12.2 Å². The Kier molecular flexibility index (Phi) is 3.67. The van der Waals surface area contributed by atoms with Gasteiger partial charge in [-0.1, -0.05) is 19.1 Å². The molecule has 0 aromatic carbocycles. The smallest absolute Gasteiger partial charge is 0.0931 e. The molecule has 0 radical (unpaired) electrons. The molecule has 1 heteroatoms. The predicted octanol–water partition coefficient (Wildman–Crippen LogP) is 2.31. The zero-order chi connectivity index (χ0) is 5.70. The van der Waals surface area contributed by atoms with Crippen LogP contribution in [0.1, 0.15) is 19.8 Å². The van der Waals surface area contributed by atoms with Crippen LogP contribution in [0.25, 0.3) is 0 Å². The Labute approximate surface area is 44.0 Å². The van der Waals surface area contributed by atoms with Crippen molar-refractivity contribution >= 4 is 0 Å². The molecule has 0 bridgehead atoms. The fourth-order valence-electron chi connectivity index (χ4n) is 0.310. The molecule has 0 unspecified atom stereocenters. The zero-order valence-electron chi connectivity index (χ0n) is 4.71. The Morgan fingerprint density at radius 2 is 2.29 bits per heavy atom. The van der Waals surface area contributed by atoms with E-state index < -0.39 is 0 Å². The summed E-state index contributed by atoms with van der Waals surface area (Å²) < 4.78 is 11.4. The van der Waals surface area contributed by atoms with Crippen LogP contribution in [0.5, 0.6) is 0 Å². The molecule has 0 atom stereocenters. The van der Waals surface area contributed by atoms with Gasteiger partial charge in [0.1, 0.15) is 0 Å². The summed E-state index contributed by atoms with van der Waals surface area (Å²) in [5.41, 5.74) is 1.00. The Morgan fingerprint density at radius 3 is 2.43 bits per heavy atom. The van der Waals surface area contributed by atoms with Crippen molar-refractivity contribution in [1.82, 2.24) is 0 Å². The lowest BCUT2D eigenvalue weighted by Crippen LogP contribution is -1.78. The van der Waals surface area contributed by atoms with Crippen LogP contribution in [0, 0.1) is 0 Å². The Bertz CT molecular complexity index is 57.2. The van der Waals surface area contributed by atoms with E-state index in [1.54, 1.807) is 0 Å². The van der Waals surface area contributed by atoms with Crippen molar-refractivity contribution in [1.29, 1.82) is 0 Å². The van der Waals surface area contributed by atoms with E-state index in [0.29, 0.717) is 6.42 Å². The van der Waals surface area contributed by atoms with E-state index in [4.69, 9.17) is 0 Å². The van der Waals surface area contributed by atoms with Crippen molar-refractivity contribution < 1.29 is 4.39 Å². The monoisotopic (exact) mass is 102 g/mol. The van der Waals surface area contributed by atoms with Crippen molar-refractivity contribution in [2.24, 2.45) is 0 Å². The summed E-state index contributed by atoms with van der Waals surface area (Å²) in [4.78, 5) is 0. The third-order valence-electron chi connectivity index (χ3n) is 0.948. The van der Waals surface area contributed by atoms with Gasteiger partial charge in [-0.3, -0.25) is 4.39 Å². The van der Waals surface area contributed by atoms with Crippen LogP contribution < -0.4 is 0 Å². The van der Waals surface area contributed by atoms with Gasteiger partial charge < -0.3 is 0 Å². The third kappa shape index (κ3) is 3.50. The Hall–Kier alpha value is -0.330. The summed E-state index contributed by atoms with van der Waals surface area (Å²) in [6, 6.07) is 0. The average Bonchev–Trinajstić information content (AvgIpc) is 1.68. The fraction of sp³-hybridized carbons (Fsp3) is 0.667. The van der Waals surface area contributed by atoms with Crippen LogP contribution in [-0.4, -0.2) is 6.67 Å². The number of hydrogen-bond donors (Lipinski definition) is 0. The predicted molar refractivity (Wildman–Crippen MR) is 30.0 cm³/mol.